The lowest BCUT2D eigenvalue weighted by atomic mass is 9.40. The van der Waals surface area contributed by atoms with Crippen LogP contribution in [0.15, 0.2) is 60.9 Å². The minimum Gasteiger partial charge on any atom is -0.274 e. The summed E-state index contributed by atoms with van der Waals surface area (Å²) in [7, 11) is 0. The Kier molecular flexibility index (Phi) is 3.35. The van der Waals surface area contributed by atoms with Crippen LogP contribution in [0, 0.1) is 47.3 Å². The van der Waals surface area contributed by atoms with Gasteiger partial charge in [-0.3, -0.25) is 19.2 Å². The van der Waals surface area contributed by atoms with Gasteiger partial charge < -0.3 is 0 Å². The van der Waals surface area contributed by atoms with Crippen LogP contribution in [0.2, 0.25) is 0 Å². The fraction of sp³-hybridized carbons (Fsp3) is 0.333. The van der Waals surface area contributed by atoms with E-state index in [1.54, 1.807) is 48.8 Å². The maximum absolute atomic E-state index is 13.4. The summed E-state index contributed by atoms with van der Waals surface area (Å²) < 4.78 is 0. The molecular formula is C24H18N4O4. The van der Waals surface area contributed by atoms with Crippen LogP contribution in [0.25, 0.3) is 0 Å². The number of imide groups is 2. The molecule has 0 spiro atoms. The van der Waals surface area contributed by atoms with Crippen LogP contribution in [0.3, 0.4) is 0 Å². The molecule has 32 heavy (non-hydrogen) atoms. The molecule has 4 heterocycles. The predicted octanol–water partition coefficient (Wildman–Crippen LogP) is 1.45. The Bertz CT molecular complexity index is 1170. The number of carbonyl (C=O) groups is 4. The quantitative estimate of drug-likeness (QED) is 0.532. The molecule has 0 radical (unpaired) electrons. The van der Waals surface area contributed by atoms with E-state index < -0.39 is 23.7 Å². The number of fused-ring (bicyclic) bond motifs is 1. The molecule has 0 N–H and O–H groups in total. The third-order valence-corrected chi connectivity index (χ3v) is 8.10. The van der Waals surface area contributed by atoms with Crippen molar-refractivity contribution in [3.8, 4) is 0 Å². The summed E-state index contributed by atoms with van der Waals surface area (Å²) in [5.74, 6) is -2.93. The summed E-state index contributed by atoms with van der Waals surface area (Å²) in [6.07, 6.45) is 7.11. The number of hydrogen-bond donors (Lipinski definition) is 0. The first-order valence-corrected chi connectivity index (χ1v) is 10.9. The molecule has 8 heteroatoms. The minimum atomic E-state index is -0.506. The SMILES string of the molecule is O=C1[C@@H]2[C@H]3C=C[C@H]([C@@H]2C(=O)N1c1ccccn1)[C@@H]1[C@H]2C(=O)N(c4ccccn4)C(=O)[C@@H]2[C@@H]31. The molecule has 2 bridgehead atoms. The van der Waals surface area contributed by atoms with E-state index in [2.05, 4.69) is 9.97 Å². The van der Waals surface area contributed by atoms with Gasteiger partial charge in [-0.15, -0.1) is 0 Å². The van der Waals surface area contributed by atoms with E-state index in [0.717, 1.165) is 0 Å². The summed E-state index contributed by atoms with van der Waals surface area (Å²) in [4.78, 5) is 64.2. The van der Waals surface area contributed by atoms with Crippen molar-refractivity contribution in [2.75, 3.05) is 9.80 Å². The van der Waals surface area contributed by atoms with Crippen molar-refractivity contribution in [1.82, 2.24) is 9.97 Å². The van der Waals surface area contributed by atoms with E-state index in [1.165, 1.54) is 9.80 Å². The Morgan fingerprint density at radius 3 is 1.34 bits per heavy atom. The zero-order chi connectivity index (χ0) is 21.7. The topological polar surface area (TPSA) is 101 Å². The van der Waals surface area contributed by atoms with Gasteiger partial charge in [0.2, 0.25) is 23.6 Å². The first-order chi connectivity index (χ1) is 15.6. The predicted molar refractivity (Wildman–Crippen MR) is 111 cm³/mol. The second-order valence-electron chi connectivity index (χ2n) is 9.20. The van der Waals surface area contributed by atoms with E-state index in [9.17, 15) is 19.2 Å². The van der Waals surface area contributed by atoms with Crippen molar-refractivity contribution in [2.24, 2.45) is 47.3 Å². The zero-order valence-electron chi connectivity index (χ0n) is 16.8. The number of nitrogens with zero attached hydrogens (tertiary/aromatic N) is 4. The third kappa shape index (κ3) is 1.94. The van der Waals surface area contributed by atoms with Crippen molar-refractivity contribution in [3.05, 3.63) is 60.9 Å². The summed E-state index contributed by atoms with van der Waals surface area (Å²) in [5, 5.41) is 0. The summed E-state index contributed by atoms with van der Waals surface area (Å²) >= 11 is 0. The molecule has 8 nitrogen and oxygen atoms in total. The first-order valence-electron chi connectivity index (χ1n) is 10.9. The maximum Gasteiger partial charge on any atom is 0.239 e. The highest BCUT2D eigenvalue weighted by Gasteiger charge is 2.75. The van der Waals surface area contributed by atoms with Crippen molar-refractivity contribution in [2.45, 2.75) is 0 Å². The van der Waals surface area contributed by atoms with Crippen LogP contribution in [0.5, 0.6) is 0 Å². The second kappa shape index (κ2) is 5.97. The number of carbonyl (C=O) groups excluding carboxylic acids is 4. The fourth-order valence-corrected chi connectivity index (χ4v) is 7.02. The summed E-state index contributed by atoms with van der Waals surface area (Å²) in [5.41, 5.74) is 0. The van der Waals surface area contributed by atoms with Crippen LogP contribution < -0.4 is 9.80 Å². The average molecular weight is 426 g/mol. The summed E-state index contributed by atoms with van der Waals surface area (Å²) in [6, 6.07) is 10.3. The summed E-state index contributed by atoms with van der Waals surface area (Å²) in [6.45, 7) is 0. The molecule has 2 saturated carbocycles. The van der Waals surface area contributed by atoms with Gasteiger partial charge in [-0.2, -0.15) is 0 Å². The number of amides is 4. The van der Waals surface area contributed by atoms with Gasteiger partial charge in [-0.05, 0) is 47.9 Å². The Labute approximate surface area is 182 Å². The molecule has 8 rings (SSSR count). The van der Waals surface area contributed by atoms with Crippen molar-refractivity contribution in [1.29, 1.82) is 0 Å². The van der Waals surface area contributed by atoms with Gasteiger partial charge >= 0.3 is 0 Å². The van der Waals surface area contributed by atoms with Crippen LogP contribution in [-0.4, -0.2) is 33.6 Å². The van der Waals surface area contributed by atoms with E-state index in [0.29, 0.717) is 11.6 Å². The molecule has 4 aliphatic carbocycles. The second-order valence-corrected chi connectivity index (χ2v) is 9.20. The zero-order valence-corrected chi connectivity index (χ0v) is 16.8. The molecule has 0 unspecified atom stereocenters. The molecule has 2 aliphatic heterocycles. The number of aromatic nitrogens is 2. The average Bonchev–Trinajstić information content (AvgIpc) is 3.19. The highest BCUT2D eigenvalue weighted by atomic mass is 16.2. The van der Waals surface area contributed by atoms with Gasteiger partial charge in [-0.25, -0.2) is 19.8 Å². The lowest BCUT2D eigenvalue weighted by Gasteiger charge is -2.60. The van der Waals surface area contributed by atoms with E-state index in [4.69, 9.17) is 0 Å². The Balaban J connectivity index is 1.27. The van der Waals surface area contributed by atoms with Gasteiger partial charge in [0, 0.05) is 12.4 Å². The molecule has 4 amide bonds. The fourth-order valence-electron chi connectivity index (χ4n) is 7.02. The largest absolute Gasteiger partial charge is 0.274 e. The van der Waals surface area contributed by atoms with Gasteiger partial charge in [0.25, 0.3) is 0 Å². The number of rotatable bonds is 2. The molecule has 158 valence electrons. The van der Waals surface area contributed by atoms with Crippen LogP contribution >= 0.6 is 0 Å². The molecule has 4 fully saturated rings. The maximum atomic E-state index is 13.4. The Hall–Kier alpha value is -3.68. The normalized spacial score (nSPS) is 38.6. The van der Waals surface area contributed by atoms with Crippen molar-refractivity contribution in [3.63, 3.8) is 0 Å². The molecular weight excluding hydrogens is 408 g/mol. The molecule has 8 atom stereocenters. The number of anilines is 2. The highest BCUT2D eigenvalue weighted by Crippen LogP contribution is 2.68. The Morgan fingerprint density at radius 1 is 0.562 bits per heavy atom. The van der Waals surface area contributed by atoms with Crippen LogP contribution in [0.4, 0.5) is 11.6 Å². The van der Waals surface area contributed by atoms with E-state index in [1.807, 2.05) is 12.2 Å². The number of allylic oxidation sites excluding steroid dienone is 2. The monoisotopic (exact) mass is 426 g/mol. The van der Waals surface area contributed by atoms with Gasteiger partial charge in [-0.1, -0.05) is 24.3 Å². The molecule has 2 saturated heterocycles. The van der Waals surface area contributed by atoms with Crippen molar-refractivity contribution >= 4 is 35.3 Å². The minimum absolute atomic E-state index is 0.109. The third-order valence-electron chi connectivity index (χ3n) is 8.10. The lowest BCUT2D eigenvalue weighted by Crippen LogP contribution is -2.63. The highest BCUT2D eigenvalue weighted by molar-refractivity contribution is 6.24. The smallest absolute Gasteiger partial charge is 0.239 e. The number of hydrogen-bond acceptors (Lipinski definition) is 6. The first kappa shape index (κ1) is 17.9. The molecule has 0 aromatic carbocycles. The van der Waals surface area contributed by atoms with E-state index >= 15 is 0 Å². The number of pyridine rings is 2. The van der Waals surface area contributed by atoms with Crippen molar-refractivity contribution < 1.29 is 19.2 Å². The van der Waals surface area contributed by atoms with E-state index in [-0.39, 0.29) is 47.3 Å². The van der Waals surface area contributed by atoms with Gasteiger partial charge in [0.1, 0.15) is 11.6 Å². The van der Waals surface area contributed by atoms with Gasteiger partial charge in [0.15, 0.2) is 0 Å². The van der Waals surface area contributed by atoms with Crippen LogP contribution in [0.1, 0.15) is 0 Å². The molecule has 2 aromatic rings. The standard InChI is InChI=1S/C24H18N4O4/c29-21-17-11-7-8-12(18(17)22(30)27(21)13-5-1-3-9-25-13)16-15(11)19-20(16)24(32)28(23(19)31)14-6-2-4-10-26-14/h1-12,15-20H/t11-,12-,15-,16-,17-,18+,19+,20+/m0/s1. The lowest BCUT2D eigenvalue weighted by molar-refractivity contribution is -0.166. The van der Waals surface area contributed by atoms with Gasteiger partial charge in [0.05, 0.1) is 23.7 Å². The molecule has 6 aliphatic rings. The Morgan fingerprint density at radius 2 is 0.969 bits per heavy atom. The van der Waals surface area contributed by atoms with Crippen LogP contribution in [-0.2, 0) is 19.2 Å². The molecule has 2 aromatic heterocycles.